The standard InChI is InChI=1S/C24H25FN6O2/c1-16-19-9-10-21(32)30(14-17-5-7-18(25)8-6-17)24(19)28-23(27-16)20-4-2-12-29(20)15-22(33)31-13-3-11-26-31/h3,5-8,11,13,20H,2,4,9-10,12,14-15H2,1H3. The molecule has 0 N–H and O–H groups in total. The molecule has 0 bridgehead atoms. The Morgan fingerprint density at radius 3 is 2.76 bits per heavy atom. The molecular weight excluding hydrogens is 423 g/mol. The van der Waals surface area contributed by atoms with E-state index in [1.165, 1.54) is 16.8 Å². The monoisotopic (exact) mass is 448 g/mol. The fourth-order valence-electron chi connectivity index (χ4n) is 4.66. The van der Waals surface area contributed by atoms with Crippen molar-refractivity contribution in [3.05, 3.63) is 71.2 Å². The second kappa shape index (κ2) is 8.82. The van der Waals surface area contributed by atoms with Crippen LogP contribution in [0.15, 0.2) is 42.7 Å². The average Bonchev–Trinajstić information content (AvgIpc) is 3.49. The molecule has 0 spiro atoms. The second-order valence-corrected chi connectivity index (χ2v) is 8.55. The van der Waals surface area contributed by atoms with Gasteiger partial charge in [0.1, 0.15) is 17.5 Å². The van der Waals surface area contributed by atoms with E-state index in [9.17, 15) is 14.0 Å². The van der Waals surface area contributed by atoms with Crippen molar-refractivity contribution in [1.29, 1.82) is 0 Å². The maximum Gasteiger partial charge on any atom is 0.261 e. The van der Waals surface area contributed by atoms with E-state index in [0.29, 0.717) is 31.0 Å². The van der Waals surface area contributed by atoms with Gasteiger partial charge in [0.2, 0.25) is 5.91 Å². The van der Waals surface area contributed by atoms with Gasteiger partial charge in [0.15, 0.2) is 0 Å². The van der Waals surface area contributed by atoms with Crippen LogP contribution in [0.1, 0.15) is 52.7 Å². The molecule has 1 aromatic carbocycles. The van der Waals surface area contributed by atoms with Crippen LogP contribution in [-0.4, -0.2) is 49.6 Å². The summed E-state index contributed by atoms with van der Waals surface area (Å²) in [5.74, 6) is 0.845. The first-order valence-electron chi connectivity index (χ1n) is 11.2. The summed E-state index contributed by atoms with van der Waals surface area (Å²) >= 11 is 0. The fraction of sp³-hybridized carbons (Fsp3) is 0.375. The van der Waals surface area contributed by atoms with Crippen LogP contribution in [-0.2, 0) is 17.8 Å². The van der Waals surface area contributed by atoms with Gasteiger partial charge in [-0.1, -0.05) is 12.1 Å². The molecule has 2 aliphatic heterocycles. The SMILES string of the molecule is Cc1nc(C2CCCN2CC(=O)n2cccn2)nc2c1CCC(=O)N2Cc1ccc(F)cc1. The number of nitrogens with zero attached hydrogens (tertiary/aromatic N) is 6. The summed E-state index contributed by atoms with van der Waals surface area (Å²) in [5.41, 5.74) is 2.66. The highest BCUT2D eigenvalue weighted by atomic mass is 19.1. The van der Waals surface area contributed by atoms with Gasteiger partial charge in [-0.2, -0.15) is 5.10 Å². The predicted molar refractivity (Wildman–Crippen MR) is 119 cm³/mol. The van der Waals surface area contributed by atoms with Crippen molar-refractivity contribution >= 4 is 17.6 Å². The molecule has 0 aliphatic carbocycles. The van der Waals surface area contributed by atoms with Crippen LogP contribution >= 0.6 is 0 Å². The zero-order chi connectivity index (χ0) is 22.9. The molecule has 1 saturated heterocycles. The lowest BCUT2D eigenvalue weighted by molar-refractivity contribution is -0.119. The van der Waals surface area contributed by atoms with E-state index in [1.54, 1.807) is 35.5 Å². The Hall–Kier alpha value is -3.46. The van der Waals surface area contributed by atoms with Crippen molar-refractivity contribution < 1.29 is 14.0 Å². The molecule has 170 valence electrons. The smallest absolute Gasteiger partial charge is 0.261 e. The van der Waals surface area contributed by atoms with Gasteiger partial charge in [-0.25, -0.2) is 19.0 Å². The van der Waals surface area contributed by atoms with Crippen LogP contribution in [0.4, 0.5) is 10.2 Å². The van der Waals surface area contributed by atoms with Crippen LogP contribution in [0, 0.1) is 12.7 Å². The number of amides is 1. The molecule has 1 fully saturated rings. The molecule has 1 unspecified atom stereocenters. The zero-order valence-electron chi connectivity index (χ0n) is 18.4. The van der Waals surface area contributed by atoms with Crippen LogP contribution in [0.3, 0.4) is 0 Å². The lowest BCUT2D eigenvalue weighted by Gasteiger charge is -2.31. The molecule has 9 heteroatoms. The Morgan fingerprint density at radius 1 is 1.18 bits per heavy atom. The van der Waals surface area contributed by atoms with Crippen molar-refractivity contribution in [2.45, 2.75) is 45.2 Å². The molecule has 5 rings (SSSR count). The molecule has 1 amide bonds. The lowest BCUT2D eigenvalue weighted by atomic mass is 10.0. The van der Waals surface area contributed by atoms with E-state index in [1.807, 2.05) is 6.92 Å². The number of benzene rings is 1. The topological polar surface area (TPSA) is 84.2 Å². The number of likely N-dealkylation sites (tertiary alicyclic amines) is 1. The number of carbonyl (C=O) groups excluding carboxylic acids is 2. The molecule has 8 nitrogen and oxygen atoms in total. The summed E-state index contributed by atoms with van der Waals surface area (Å²) in [4.78, 5) is 38.9. The van der Waals surface area contributed by atoms with Crippen molar-refractivity contribution in [1.82, 2.24) is 24.6 Å². The van der Waals surface area contributed by atoms with Crippen molar-refractivity contribution in [2.75, 3.05) is 18.0 Å². The highest BCUT2D eigenvalue weighted by Gasteiger charge is 2.34. The number of hydrogen-bond donors (Lipinski definition) is 0. The highest BCUT2D eigenvalue weighted by molar-refractivity contribution is 5.95. The summed E-state index contributed by atoms with van der Waals surface area (Å²) < 4.78 is 14.7. The molecule has 1 atom stereocenters. The van der Waals surface area contributed by atoms with Gasteiger partial charge in [-0.3, -0.25) is 19.4 Å². The molecular formula is C24H25FN6O2. The second-order valence-electron chi connectivity index (χ2n) is 8.55. The van der Waals surface area contributed by atoms with Gasteiger partial charge in [-0.15, -0.1) is 0 Å². The van der Waals surface area contributed by atoms with Crippen molar-refractivity contribution in [3.8, 4) is 0 Å². The Morgan fingerprint density at radius 2 is 2.00 bits per heavy atom. The summed E-state index contributed by atoms with van der Waals surface area (Å²) in [5, 5.41) is 4.03. The Kier molecular flexibility index (Phi) is 5.72. The highest BCUT2D eigenvalue weighted by Crippen LogP contribution is 2.35. The average molecular weight is 449 g/mol. The van der Waals surface area contributed by atoms with Crippen molar-refractivity contribution in [3.63, 3.8) is 0 Å². The molecule has 2 aromatic heterocycles. The van der Waals surface area contributed by atoms with Gasteiger partial charge in [0.25, 0.3) is 5.91 Å². The lowest BCUT2D eigenvalue weighted by Crippen LogP contribution is -2.37. The first-order chi connectivity index (χ1) is 16.0. The first kappa shape index (κ1) is 21.4. The number of hydrogen-bond acceptors (Lipinski definition) is 6. The Bertz CT molecular complexity index is 1180. The van der Waals surface area contributed by atoms with Crippen LogP contribution < -0.4 is 4.90 Å². The maximum atomic E-state index is 13.3. The van der Waals surface area contributed by atoms with E-state index in [4.69, 9.17) is 9.97 Å². The molecule has 0 radical (unpaired) electrons. The minimum Gasteiger partial charge on any atom is -0.292 e. The number of aromatic nitrogens is 4. The number of carbonyl (C=O) groups is 2. The number of halogens is 1. The third kappa shape index (κ3) is 4.28. The molecule has 4 heterocycles. The third-order valence-corrected chi connectivity index (χ3v) is 6.37. The first-order valence-corrected chi connectivity index (χ1v) is 11.2. The van der Waals surface area contributed by atoms with Crippen LogP contribution in [0.2, 0.25) is 0 Å². The van der Waals surface area contributed by atoms with Gasteiger partial charge in [-0.05, 0) is 56.5 Å². The van der Waals surface area contributed by atoms with Gasteiger partial charge < -0.3 is 0 Å². The summed E-state index contributed by atoms with van der Waals surface area (Å²) in [6, 6.07) is 7.79. The third-order valence-electron chi connectivity index (χ3n) is 6.37. The number of aryl methyl sites for hydroxylation is 1. The van der Waals surface area contributed by atoms with Crippen LogP contribution in [0.5, 0.6) is 0 Å². The number of anilines is 1. The summed E-state index contributed by atoms with van der Waals surface area (Å²) in [7, 11) is 0. The molecule has 33 heavy (non-hydrogen) atoms. The quantitative estimate of drug-likeness (QED) is 0.597. The van der Waals surface area contributed by atoms with Gasteiger partial charge >= 0.3 is 0 Å². The van der Waals surface area contributed by atoms with E-state index in [-0.39, 0.29) is 30.2 Å². The normalized spacial score (nSPS) is 18.5. The van der Waals surface area contributed by atoms with Gasteiger partial charge in [0, 0.05) is 30.1 Å². The van der Waals surface area contributed by atoms with E-state index in [0.717, 1.165) is 36.2 Å². The summed E-state index contributed by atoms with van der Waals surface area (Å²) in [6.07, 6.45) is 6.01. The minimum absolute atomic E-state index is 0.00647. The fourth-order valence-corrected chi connectivity index (χ4v) is 4.66. The number of rotatable bonds is 5. The Balaban J connectivity index is 1.44. The summed E-state index contributed by atoms with van der Waals surface area (Å²) in [6.45, 7) is 3.28. The largest absolute Gasteiger partial charge is 0.292 e. The maximum absolute atomic E-state index is 13.3. The van der Waals surface area contributed by atoms with E-state index < -0.39 is 0 Å². The van der Waals surface area contributed by atoms with Crippen LogP contribution in [0.25, 0.3) is 0 Å². The molecule has 3 aromatic rings. The molecule has 2 aliphatic rings. The van der Waals surface area contributed by atoms with E-state index >= 15 is 0 Å². The number of fused-ring (bicyclic) bond motifs is 1. The molecule has 0 saturated carbocycles. The zero-order valence-corrected chi connectivity index (χ0v) is 18.4. The predicted octanol–water partition coefficient (Wildman–Crippen LogP) is 3.08. The van der Waals surface area contributed by atoms with Gasteiger partial charge in [0.05, 0.1) is 19.1 Å². The Labute approximate surface area is 191 Å². The van der Waals surface area contributed by atoms with Crippen molar-refractivity contribution in [2.24, 2.45) is 0 Å². The minimum atomic E-state index is -0.310. The van der Waals surface area contributed by atoms with E-state index in [2.05, 4.69) is 10.00 Å².